The minimum atomic E-state index is -0.197. The van der Waals surface area contributed by atoms with Crippen LogP contribution in [0.1, 0.15) is 16.7 Å². The van der Waals surface area contributed by atoms with E-state index in [-0.39, 0.29) is 11.7 Å². The molecule has 0 bridgehead atoms. The van der Waals surface area contributed by atoms with Crippen LogP contribution in [-0.2, 0) is 11.2 Å². The number of alkyl halides is 1. The van der Waals surface area contributed by atoms with Gasteiger partial charge in [0.05, 0.1) is 0 Å². The number of rotatable bonds is 3. The number of carbonyl (C=O) groups excluding carboxylic acids is 1. The van der Waals surface area contributed by atoms with E-state index in [0.717, 1.165) is 23.2 Å². The van der Waals surface area contributed by atoms with Gasteiger partial charge in [-0.1, -0.05) is 17.7 Å². The van der Waals surface area contributed by atoms with Crippen LogP contribution in [0.5, 0.6) is 5.75 Å². The first-order valence-electron chi connectivity index (χ1n) is 6.79. The van der Waals surface area contributed by atoms with Crippen molar-refractivity contribution in [3.63, 3.8) is 0 Å². The normalized spacial score (nSPS) is 15.0. The monoisotopic (exact) mass is 333 g/mol. The van der Waals surface area contributed by atoms with Gasteiger partial charge in [0.15, 0.2) is 0 Å². The Bertz CT molecular complexity index is 784. The maximum absolute atomic E-state index is 12.2. The van der Waals surface area contributed by atoms with Crippen molar-refractivity contribution in [3.05, 3.63) is 58.1 Å². The molecule has 1 aliphatic rings. The Balaban J connectivity index is 2.09. The van der Waals surface area contributed by atoms with Crippen molar-refractivity contribution in [2.45, 2.75) is 6.42 Å². The molecule has 2 aromatic rings. The Morgan fingerprint density at radius 1 is 1.18 bits per heavy atom. The molecule has 112 valence electrons. The topological polar surface area (TPSA) is 49.3 Å². The van der Waals surface area contributed by atoms with Gasteiger partial charge in [-0.15, -0.1) is 11.6 Å². The van der Waals surface area contributed by atoms with Gasteiger partial charge in [0.1, 0.15) is 5.75 Å². The predicted octanol–water partition coefficient (Wildman–Crippen LogP) is 4.32. The third-order valence-electron chi connectivity index (χ3n) is 3.54. The number of anilines is 1. The molecule has 0 unspecified atom stereocenters. The molecule has 0 radical (unpaired) electrons. The van der Waals surface area contributed by atoms with E-state index in [2.05, 4.69) is 5.32 Å². The smallest absolute Gasteiger partial charge is 0.256 e. The summed E-state index contributed by atoms with van der Waals surface area (Å²) in [5.74, 6) is 0.404. The number of hydrogen-bond donors (Lipinski definition) is 2. The van der Waals surface area contributed by atoms with Crippen LogP contribution in [0.3, 0.4) is 0 Å². The van der Waals surface area contributed by atoms with Crippen molar-refractivity contribution < 1.29 is 9.90 Å². The van der Waals surface area contributed by atoms with Crippen molar-refractivity contribution in [1.29, 1.82) is 0 Å². The number of aryl methyl sites for hydroxylation is 1. The zero-order valence-electron chi connectivity index (χ0n) is 11.6. The van der Waals surface area contributed by atoms with Gasteiger partial charge in [0.25, 0.3) is 5.91 Å². The lowest BCUT2D eigenvalue weighted by Gasteiger charge is -2.04. The van der Waals surface area contributed by atoms with E-state index in [0.29, 0.717) is 22.0 Å². The first-order chi connectivity index (χ1) is 10.6. The molecule has 22 heavy (non-hydrogen) atoms. The molecule has 1 heterocycles. The van der Waals surface area contributed by atoms with E-state index in [4.69, 9.17) is 23.2 Å². The van der Waals surface area contributed by atoms with E-state index >= 15 is 0 Å². The van der Waals surface area contributed by atoms with Gasteiger partial charge in [-0.05, 0) is 48.4 Å². The summed E-state index contributed by atoms with van der Waals surface area (Å²) in [4.78, 5) is 12.2. The van der Waals surface area contributed by atoms with Crippen LogP contribution in [0.25, 0.3) is 11.6 Å². The summed E-state index contributed by atoms with van der Waals surface area (Å²) in [5, 5.41) is 13.2. The maximum atomic E-state index is 12.2. The van der Waals surface area contributed by atoms with Gasteiger partial charge in [-0.2, -0.15) is 0 Å². The highest BCUT2D eigenvalue weighted by Crippen LogP contribution is 2.35. The Hall–Kier alpha value is -1.97. The number of aromatic hydroxyl groups is 1. The van der Waals surface area contributed by atoms with Gasteiger partial charge in [-0.3, -0.25) is 4.79 Å². The highest BCUT2D eigenvalue weighted by Gasteiger charge is 2.24. The number of benzene rings is 2. The van der Waals surface area contributed by atoms with Crippen molar-refractivity contribution in [2.75, 3.05) is 11.2 Å². The van der Waals surface area contributed by atoms with Crippen LogP contribution < -0.4 is 5.32 Å². The summed E-state index contributed by atoms with van der Waals surface area (Å²) in [6.07, 6.45) is 2.38. The highest BCUT2D eigenvalue weighted by molar-refractivity contribution is 6.35. The minimum Gasteiger partial charge on any atom is -0.507 e. The molecule has 0 spiro atoms. The fraction of sp³-hybridized carbons (Fsp3) is 0.118. The van der Waals surface area contributed by atoms with Crippen LogP contribution in [0.4, 0.5) is 5.69 Å². The molecule has 0 atom stereocenters. The van der Waals surface area contributed by atoms with E-state index < -0.39 is 0 Å². The standard InChI is InChI=1S/C17H13Cl2NO2/c18-6-5-10-1-3-15-13(7-10)14(17(22)20-15)9-11-8-12(19)2-4-16(11)21/h1-4,7-9,21H,5-6H2,(H,20,22). The zero-order chi connectivity index (χ0) is 15.7. The number of amides is 1. The first-order valence-corrected chi connectivity index (χ1v) is 7.70. The van der Waals surface area contributed by atoms with Crippen molar-refractivity contribution in [1.82, 2.24) is 0 Å². The van der Waals surface area contributed by atoms with E-state index in [1.807, 2.05) is 18.2 Å². The third kappa shape index (κ3) is 2.82. The molecule has 1 aliphatic heterocycles. The second-order valence-corrected chi connectivity index (χ2v) is 5.85. The van der Waals surface area contributed by atoms with Gasteiger partial charge < -0.3 is 10.4 Å². The van der Waals surface area contributed by atoms with E-state index in [1.54, 1.807) is 18.2 Å². The predicted molar refractivity (Wildman–Crippen MR) is 90.5 cm³/mol. The average Bonchev–Trinajstić information content (AvgIpc) is 2.79. The van der Waals surface area contributed by atoms with Gasteiger partial charge in [0, 0.05) is 33.3 Å². The number of hydrogen-bond acceptors (Lipinski definition) is 2. The molecule has 3 nitrogen and oxygen atoms in total. The fourth-order valence-corrected chi connectivity index (χ4v) is 2.84. The Morgan fingerprint density at radius 3 is 2.77 bits per heavy atom. The van der Waals surface area contributed by atoms with Crippen LogP contribution >= 0.6 is 23.2 Å². The number of nitrogens with one attached hydrogen (secondary N) is 1. The van der Waals surface area contributed by atoms with E-state index in [9.17, 15) is 9.90 Å². The molecule has 1 amide bonds. The molecule has 0 saturated heterocycles. The summed E-state index contributed by atoms with van der Waals surface area (Å²) in [6.45, 7) is 0. The molecule has 0 aliphatic carbocycles. The van der Waals surface area contributed by atoms with Crippen molar-refractivity contribution >= 4 is 46.4 Å². The molecular weight excluding hydrogens is 321 g/mol. The highest BCUT2D eigenvalue weighted by atomic mass is 35.5. The fourth-order valence-electron chi connectivity index (χ4n) is 2.44. The summed E-state index contributed by atoms with van der Waals surface area (Å²) in [7, 11) is 0. The summed E-state index contributed by atoms with van der Waals surface area (Å²) in [6, 6.07) is 10.5. The molecule has 3 rings (SSSR count). The van der Waals surface area contributed by atoms with Gasteiger partial charge >= 0.3 is 0 Å². The molecule has 2 N–H and O–H groups in total. The quantitative estimate of drug-likeness (QED) is 0.649. The molecule has 2 aromatic carbocycles. The number of carbonyl (C=O) groups is 1. The largest absolute Gasteiger partial charge is 0.507 e. The number of phenolic OH excluding ortho intramolecular Hbond substituents is 1. The lowest BCUT2D eigenvalue weighted by Crippen LogP contribution is -2.03. The Labute approximate surface area is 138 Å². The second-order valence-electron chi connectivity index (χ2n) is 5.03. The molecule has 0 fully saturated rings. The number of halogens is 2. The lowest BCUT2D eigenvalue weighted by molar-refractivity contribution is -0.110. The van der Waals surface area contributed by atoms with Crippen LogP contribution in [0.2, 0.25) is 5.02 Å². The minimum absolute atomic E-state index is 0.0788. The lowest BCUT2D eigenvalue weighted by atomic mass is 10.0. The molecule has 5 heteroatoms. The number of fused-ring (bicyclic) bond motifs is 1. The van der Waals surface area contributed by atoms with Crippen molar-refractivity contribution in [3.8, 4) is 5.75 Å². The van der Waals surface area contributed by atoms with Crippen LogP contribution in [0.15, 0.2) is 36.4 Å². The SMILES string of the molecule is O=C1Nc2ccc(CCCl)cc2C1=Cc1cc(Cl)ccc1O. The zero-order valence-corrected chi connectivity index (χ0v) is 13.1. The maximum Gasteiger partial charge on any atom is 0.256 e. The van der Waals surface area contributed by atoms with Crippen molar-refractivity contribution in [2.24, 2.45) is 0 Å². The Morgan fingerprint density at radius 2 is 2.00 bits per heavy atom. The average molecular weight is 334 g/mol. The summed E-state index contributed by atoms with van der Waals surface area (Å²) < 4.78 is 0. The Kier molecular flexibility index (Phi) is 4.10. The molecule has 0 saturated carbocycles. The van der Waals surface area contributed by atoms with Crippen LogP contribution in [-0.4, -0.2) is 16.9 Å². The van der Waals surface area contributed by atoms with E-state index in [1.165, 1.54) is 6.07 Å². The summed E-state index contributed by atoms with van der Waals surface area (Å²) in [5.41, 5.74) is 3.65. The van der Waals surface area contributed by atoms with Gasteiger partial charge in [-0.25, -0.2) is 0 Å². The molecule has 0 aromatic heterocycles. The number of phenols is 1. The first kappa shape index (κ1) is 14.9. The van der Waals surface area contributed by atoms with Gasteiger partial charge in [0.2, 0.25) is 0 Å². The third-order valence-corrected chi connectivity index (χ3v) is 3.96. The second kappa shape index (κ2) is 6.03. The van der Waals surface area contributed by atoms with Crippen LogP contribution in [0, 0.1) is 0 Å². The molecular formula is C17H13Cl2NO2. The summed E-state index contributed by atoms with van der Waals surface area (Å²) >= 11 is 11.7.